The first-order valence-corrected chi connectivity index (χ1v) is 8.17. The van der Waals surface area contributed by atoms with Crippen LogP contribution in [0.2, 0.25) is 0 Å². The van der Waals surface area contributed by atoms with Crippen LogP contribution in [0, 0.1) is 0 Å². The normalized spacial score (nSPS) is 11.3. The SMILES string of the molecule is CCSc1nc2nccc(-c3ccc4ccccc4c3)n2n1. The molecule has 0 aliphatic heterocycles. The zero-order chi connectivity index (χ0) is 14.9. The molecule has 0 unspecified atom stereocenters. The van der Waals surface area contributed by atoms with Gasteiger partial charge in [0.15, 0.2) is 0 Å². The lowest BCUT2D eigenvalue weighted by Crippen LogP contribution is -1.95. The lowest BCUT2D eigenvalue weighted by atomic mass is 10.1. The largest absolute Gasteiger partial charge is 0.253 e. The maximum atomic E-state index is 4.56. The average Bonchev–Trinajstić information content (AvgIpc) is 2.97. The number of thioether (sulfide) groups is 1. The predicted molar refractivity (Wildman–Crippen MR) is 90.1 cm³/mol. The summed E-state index contributed by atoms with van der Waals surface area (Å²) in [5, 5.41) is 7.78. The second-order valence-corrected chi connectivity index (χ2v) is 6.16. The smallest absolute Gasteiger partial charge is 0.220 e. The first-order valence-electron chi connectivity index (χ1n) is 7.19. The molecule has 0 spiro atoms. The molecule has 5 heteroatoms. The Morgan fingerprint density at radius 3 is 2.77 bits per heavy atom. The standard InChI is InChI=1S/C17H14N4S/c1-2-22-17-19-16-18-10-9-15(21(16)20-17)14-8-7-12-5-3-4-6-13(12)11-14/h3-11H,2H2,1H3. The van der Waals surface area contributed by atoms with Gasteiger partial charge in [0.05, 0.1) is 5.69 Å². The highest BCUT2D eigenvalue weighted by molar-refractivity contribution is 7.99. The summed E-state index contributed by atoms with van der Waals surface area (Å²) in [7, 11) is 0. The fraction of sp³-hybridized carbons (Fsp3) is 0.118. The highest BCUT2D eigenvalue weighted by Crippen LogP contribution is 2.25. The van der Waals surface area contributed by atoms with Crippen LogP contribution in [0.1, 0.15) is 6.92 Å². The van der Waals surface area contributed by atoms with Gasteiger partial charge in [-0.3, -0.25) is 0 Å². The zero-order valence-electron chi connectivity index (χ0n) is 12.1. The minimum Gasteiger partial charge on any atom is -0.220 e. The van der Waals surface area contributed by atoms with Gasteiger partial charge in [-0.25, -0.2) is 4.98 Å². The lowest BCUT2D eigenvalue weighted by molar-refractivity contribution is 0.886. The minimum absolute atomic E-state index is 0.640. The molecule has 4 nitrogen and oxygen atoms in total. The molecule has 0 saturated heterocycles. The van der Waals surface area contributed by atoms with E-state index in [0.29, 0.717) is 5.78 Å². The van der Waals surface area contributed by atoms with E-state index in [1.54, 1.807) is 18.0 Å². The van der Waals surface area contributed by atoms with Gasteiger partial charge in [-0.15, -0.1) is 5.10 Å². The molecule has 4 aromatic rings. The Labute approximate surface area is 132 Å². The highest BCUT2D eigenvalue weighted by atomic mass is 32.2. The molecule has 0 saturated carbocycles. The van der Waals surface area contributed by atoms with Gasteiger partial charge >= 0.3 is 0 Å². The molecule has 0 amide bonds. The van der Waals surface area contributed by atoms with Crippen LogP contribution in [-0.4, -0.2) is 25.3 Å². The quantitative estimate of drug-likeness (QED) is 0.535. The molecular formula is C17H14N4S. The molecule has 0 aliphatic rings. The summed E-state index contributed by atoms with van der Waals surface area (Å²) < 4.78 is 1.82. The third-order valence-electron chi connectivity index (χ3n) is 3.54. The monoisotopic (exact) mass is 306 g/mol. The maximum Gasteiger partial charge on any atom is 0.253 e. The van der Waals surface area contributed by atoms with Gasteiger partial charge in [-0.05, 0) is 28.7 Å². The third kappa shape index (κ3) is 2.23. The van der Waals surface area contributed by atoms with Crippen molar-refractivity contribution in [2.75, 3.05) is 5.75 Å². The molecular weight excluding hydrogens is 292 g/mol. The molecule has 2 aromatic carbocycles. The topological polar surface area (TPSA) is 43.1 Å². The number of hydrogen-bond donors (Lipinski definition) is 0. The lowest BCUT2D eigenvalue weighted by Gasteiger charge is -2.05. The van der Waals surface area contributed by atoms with E-state index in [1.165, 1.54) is 10.8 Å². The predicted octanol–water partition coefficient (Wildman–Crippen LogP) is 4.06. The van der Waals surface area contributed by atoms with Crippen LogP contribution in [0.25, 0.3) is 27.8 Å². The zero-order valence-corrected chi connectivity index (χ0v) is 12.9. The fourth-order valence-electron chi connectivity index (χ4n) is 2.53. The highest BCUT2D eigenvalue weighted by Gasteiger charge is 2.10. The summed E-state index contributed by atoms with van der Waals surface area (Å²) in [5.74, 6) is 1.59. The van der Waals surface area contributed by atoms with Crippen LogP contribution >= 0.6 is 11.8 Å². The number of aromatic nitrogens is 4. The van der Waals surface area contributed by atoms with E-state index in [4.69, 9.17) is 0 Å². The summed E-state index contributed by atoms with van der Waals surface area (Å²) in [4.78, 5) is 8.76. The van der Waals surface area contributed by atoms with Crippen molar-refractivity contribution >= 4 is 28.3 Å². The van der Waals surface area contributed by atoms with Crippen LogP contribution in [-0.2, 0) is 0 Å². The van der Waals surface area contributed by atoms with Gasteiger partial charge < -0.3 is 0 Å². The van der Waals surface area contributed by atoms with Gasteiger partial charge in [0.1, 0.15) is 0 Å². The number of fused-ring (bicyclic) bond motifs is 2. The Morgan fingerprint density at radius 2 is 1.91 bits per heavy atom. The Morgan fingerprint density at radius 1 is 1.05 bits per heavy atom. The molecule has 22 heavy (non-hydrogen) atoms. The second-order valence-electron chi connectivity index (χ2n) is 4.93. The van der Waals surface area contributed by atoms with Crippen LogP contribution in [0.5, 0.6) is 0 Å². The molecule has 0 radical (unpaired) electrons. The van der Waals surface area contributed by atoms with Crippen molar-refractivity contribution in [2.45, 2.75) is 12.1 Å². The van der Waals surface area contributed by atoms with E-state index in [-0.39, 0.29) is 0 Å². The van der Waals surface area contributed by atoms with Gasteiger partial charge in [0.2, 0.25) is 5.16 Å². The van der Waals surface area contributed by atoms with Crippen LogP contribution < -0.4 is 0 Å². The Bertz CT molecular complexity index is 961. The van der Waals surface area contributed by atoms with Crippen molar-refractivity contribution in [3.8, 4) is 11.3 Å². The Balaban J connectivity index is 1.91. The van der Waals surface area contributed by atoms with Crippen molar-refractivity contribution in [3.63, 3.8) is 0 Å². The van der Waals surface area contributed by atoms with E-state index in [9.17, 15) is 0 Å². The van der Waals surface area contributed by atoms with Gasteiger partial charge in [0.25, 0.3) is 5.78 Å². The summed E-state index contributed by atoms with van der Waals surface area (Å²) in [6.07, 6.45) is 1.79. The summed E-state index contributed by atoms with van der Waals surface area (Å²) in [5.41, 5.74) is 2.12. The van der Waals surface area contributed by atoms with Crippen molar-refractivity contribution in [1.29, 1.82) is 0 Å². The minimum atomic E-state index is 0.640. The fourth-order valence-corrected chi connectivity index (χ4v) is 3.08. The molecule has 0 fully saturated rings. The van der Waals surface area contributed by atoms with E-state index < -0.39 is 0 Å². The molecule has 0 bridgehead atoms. The van der Waals surface area contributed by atoms with Crippen molar-refractivity contribution in [2.24, 2.45) is 0 Å². The maximum absolute atomic E-state index is 4.56. The van der Waals surface area contributed by atoms with E-state index >= 15 is 0 Å². The van der Waals surface area contributed by atoms with Crippen molar-refractivity contribution < 1.29 is 0 Å². The van der Waals surface area contributed by atoms with Gasteiger partial charge in [-0.2, -0.15) is 9.50 Å². The van der Waals surface area contributed by atoms with Gasteiger partial charge in [-0.1, -0.05) is 55.1 Å². The average molecular weight is 306 g/mol. The first kappa shape index (κ1) is 13.3. The number of benzene rings is 2. The first-order chi connectivity index (χ1) is 10.8. The third-order valence-corrected chi connectivity index (χ3v) is 4.26. The van der Waals surface area contributed by atoms with E-state index in [2.05, 4.69) is 64.5 Å². The summed E-state index contributed by atoms with van der Waals surface area (Å²) >= 11 is 1.62. The molecule has 0 N–H and O–H groups in total. The van der Waals surface area contributed by atoms with E-state index in [0.717, 1.165) is 22.2 Å². The van der Waals surface area contributed by atoms with Crippen LogP contribution in [0.15, 0.2) is 59.9 Å². The van der Waals surface area contributed by atoms with Crippen molar-refractivity contribution in [1.82, 2.24) is 19.6 Å². The van der Waals surface area contributed by atoms with Gasteiger partial charge in [0, 0.05) is 11.8 Å². The molecule has 0 atom stereocenters. The summed E-state index contributed by atoms with van der Waals surface area (Å²) in [6, 6.07) is 16.8. The molecule has 2 aromatic heterocycles. The van der Waals surface area contributed by atoms with E-state index in [1.807, 2.05) is 10.6 Å². The Hall–Kier alpha value is -2.40. The van der Waals surface area contributed by atoms with Crippen LogP contribution in [0.4, 0.5) is 0 Å². The second kappa shape index (κ2) is 5.42. The Kier molecular flexibility index (Phi) is 3.27. The molecule has 2 heterocycles. The van der Waals surface area contributed by atoms with Crippen LogP contribution in [0.3, 0.4) is 0 Å². The summed E-state index contributed by atoms with van der Waals surface area (Å²) in [6.45, 7) is 2.09. The molecule has 0 aliphatic carbocycles. The molecule has 108 valence electrons. The van der Waals surface area contributed by atoms with Crippen molar-refractivity contribution in [3.05, 3.63) is 54.7 Å². The number of hydrogen-bond acceptors (Lipinski definition) is 4. The molecule has 4 rings (SSSR count). The number of nitrogens with zero attached hydrogens (tertiary/aromatic N) is 4. The number of rotatable bonds is 3.